The van der Waals surface area contributed by atoms with Gasteiger partial charge in [-0.25, -0.2) is 0 Å². The number of fused-ring (bicyclic) bond motifs is 17. The molecular formula is C55H34O2. The molecule has 0 unspecified atom stereocenters. The van der Waals surface area contributed by atoms with Gasteiger partial charge >= 0.3 is 0 Å². The standard InChI is InChI=1S/C55H34O2/c1-55(2)48-22-17-31-9-3-4-10-36(31)54(48)41-21-16-35(28-49(41)55)34-19-24-52-46(27-34)45-26-33(18-23-51(45)56-52)32-15-20-39-42(25-32)37-11-5-6-12-38(37)44-30-53-47(29-43(39)44)40-13-7-8-14-50(40)57-53/h3-30H,1-2H3. The molecule has 57 heavy (non-hydrogen) atoms. The third-order valence-corrected chi connectivity index (χ3v) is 13.0. The average Bonchev–Trinajstić information content (AvgIpc) is 3.89. The Hall–Kier alpha value is -7.16. The van der Waals surface area contributed by atoms with Gasteiger partial charge in [-0.2, -0.15) is 0 Å². The molecule has 12 aromatic rings. The van der Waals surface area contributed by atoms with E-state index in [4.69, 9.17) is 8.83 Å². The molecule has 13 rings (SSSR count). The predicted molar refractivity (Wildman–Crippen MR) is 239 cm³/mol. The summed E-state index contributed by atoms with van der Waals surface area (Å²) >= 11 is 0. The number of hydrogen-bond donors (Lipinski definition) is 0. The molecule has 0 atom stereocenters. The van der Waals surface area contributed by atoms with E-state index in [2.05, 4.69) is 178 Å². The fourth-order valence-corrected chi connectivity index (χ4v) is 10.2. The van der Waals surface area contributed by atoms with Gasteiger partial charge in [0.2, 0.25) is 0 Å². The normalized spacial score (nSPS) is 13.6. The lowest BCUT2D eigenvalue weighted by Gasteiger charge is -2.22. The number of rotatable bonds is 2. The maximum absolute atomic E-state index is 6.45. The van der Waals surface area contributed by atoms with Gasteiger partial charge in [-0.05, 0) is 142 Å². The molecule has 2 heterocycles. The summed E-state index contributed by atoms with van der Waals surface area (Å²) < 4.78 is 12.8. The van der Waals surface area contributed by atoms with Crippen molar-refractivity contribution >= 4 is 87.0 Å². The lowest BCUT2D eigenvalue weighted by molar-refractivity contribution is 0.661. The van der Waals surface area contributed by atoms with Crippen molar-refractivity contribution in [3.8, 4) is 33.4 Å². The summed E-state index contributed by atoms with van der Waals surface area (Å²) in [5, 5.41) is 14.6. The smallest absolute Gasteiger partial charge is 0.136 e. The molecule has 2 nitrogen and oxygen atoms in total. The van der Waals surface area contributed by atoms with E-state index in [1.54, 1.807) is 0 Å². The molecule has 0 bridgehead atoms. The van der Waals surface area contributed by atoms with Crippen molar-refractivity contribution in [3.05, 3.63) is 181 Å². The van der Waals surface area contributed by atoms with E-state index in [0.29, 0.717) is 0 Å². The van der Waals surface area contributed by atoms with Gasteiger partial charge in [-0.1, -0.05) is 129 Å². The minimum atomic E-state index is -0.0939. The van der Waals surface area contributed by atoms with Gasteiger partial charge in [0, 0.05) is 27.0 Å². The van der Waals surface area contributed by atoms with Crippen LogP contribution in [0, 0.1) is 0 Å². The summed E-state index contributed by atoms with van der Waals surface area (Å²) in [4.78, 5) is 0. The quantitative estimate of drug-likeness (QED) is 0.166. The third kappa shape index (κ3) is 4.25. The molecule has 0 saturated carbocycles. The van der Waals surface area contributed by atoms with Crippen LogP contribution in [0.3, 0.4) is 0 Å². The number of furan rings is 2. The first-order valence-electron chi connectivity index (χ1n) is 19.8. The number of benzene rings is 10. The highest BCUT2D eigenvalue weighted by atomic mass is 16.3. The van der Waals surface area contributed by atoms with Gasteiger partial charge in [0.1, 0.15) is 22.3 Å². The van der Waals surface area contributed by atoms with Crippen LogP contribution >= 0.6 is 0 Å². The Labute approximate surface area is 328 Å². The second kappa shape index (κ2) is 11.0. The molecule has 0 N–H and O–H groups in total. The van der Waals surface area contributed by atoms with Crippen molar-refractivity contribution in [2.24, 2.45) is 0 Å². The van der Waals surface area contributed by atoms with E-state index in [9.17, 15) is 0 Å². The fourth-order valence-electron chi connectivity index (χ4n) is 10.2. The molecule has 0 spiro atoms. The van der Waals surface area contributed by atoms with E-state index in [-0.39, 0.29) is 5.41 Å². The maximum Gasteiger partial charge on any atom is 0.136 e. The molecule has 2 heteroatoms. The van der Waals surface area contributed by atoms with Crippen LogP contribution in [0.2, 0.25) is 0 Å². The summed E-state index contributed by atoms with van der Waals surface area (Å²) in [5.41, 5.74) is 13.8. The van der Waals surface area contributed by atoms with Crippen LogP contribution in [0.1, 0.15) is 25.0 Å². The number of para-hydroxylation sites is 1. The molecule has 1 aliphatic rings. The van der Waals surface area contributed by atoms with E-state index in [1.165, 1.54) is 87.6 Å². The molecule has 2 aromatic heterocycles. The molecule has 0 amide bonds. The summed E-state index contributed by atoms with van der Waals surface area (Å²) in [7, 11) is 0. The highest BCUT2D eigenvalue weighted by Crippen LogP contribution is 2.52. The Morgan fingerprint density at radius 2 is 0.825 bits per heavy atom. The third-order valence-electron chi connectivity index (χ3n) is 13.0. The van der Waals surface area contributed by atoms with Crippen molar-refractivity contribution in [1.82, 2.24) is 0 Å². The first-order valence-corrected chi connectivity index (χ1v) is 19.8. The minimum Gasteiger partial charge on any atom is -0.456 e. The molecule has 0 aliphatic heterocycles. The zero-order valence-electron chi connectivity index (χ0n) is 31.5. The van der Waals surface area contributed by atoms with Crippen molar-refractivity contribution in [1.29, 1.82) is 0 Å². The van der Waals surface area contributed by atoms with Crippen LogP contribution in [0.5, 0.6) is 0 Å². The zero-order valence-corrected chi connectivity index (χ0v) is 31.5. The fraction of sp³-hybridized carbons (Fsp3) is 0.0545. The second-order valence-electron chi connectivity index (χ2n) is 16.4. The average molecular weight is 727 g/mol. The van der Waals surface area contributed by atoms with E-state index in [0.717, 1.165) is 43.9 Å². The Morgan fingerprint density at radius 1 is 0.316 bits per heavy atom. The number of hydrogen-bond acceptors (Lipinski definition) is 2. The van der Waals surface area contributed by atoms with Crippen LogP contribution in [0.15, 0.2) is 179 Å². The van der Waals surface area contributed by atoms with E-state index in [1.807, 2.05) is 6.07 Å². The summed E-state index contributed by atoms with van der Waals surface area (Å²) in [6.07, 6.45) is 0. The highest BCUT2D eigenvalue weighted by Gasteiger charge is 2.36. The molecule has 266 valence electrons. The molecule has 10 aromatic carbocycles. The van der Waals surface area contributed by atoms with Crippen molar-refractivity contribution < 1.29 is 8.83 Å². The topological polar surface area (TPSA) is 26.3 Å². The van der Waals surface area contributed by atoms with Gasteiger partial charge in [0.05, 0.1) is 0 Å². The Morgan fingerprint density at radius 3 is 1.58 bits per heavy atom. The van der Waals surface area contributed by atoms with Gasteiger partial charge in [-0.3, -0.25) is 0 Å². The highest BCUT2D eigenvalue weighted by molar-refractivity contribution is 6.28. The summed E-state index contributed by atoms with van der Waals surface area (Å²) in [6.45, 7) is 4.73. The van der Waals surface area contributed by atoms with Gasteiger partial charge in [-0.15, -0.1) is 0 Å². The Bertz CT molecular complexity index is 3720. The lowest BCUT2D eigenvalue weighted by atomic mass is 9.81. The molecule has 0 radical (unpaired) electrons. The molecule has 1 aliphatic carbocycles. The van der Waals surface area contributed by atoms with E-state index >= 15 is 0 Å². The van der Waals surface area contributed by atoms with Crippen molar-refractivity contribution in [2.75, 3.05) is 0 Å². The SMILES string of the molecule is CC1(C)c2cc(-c3ccc4oc5ccc(-c6ccc7c(c6)c6ccccc6c6cc8oc9ccccc9c8cc76)cc5c4c3)ccc2-c2c1ccc1ccccc21. The minimum absolute atomic E-state index is 0.0939. The largest absolute Gasteiger partial charge is 0.456 e. The zero-order chi connectivity index (χ0) is 37.6. The van der Waals surface area contributed by atoms with Gasteiger partial charge in [0.15, 0.2) is 0 Å². The monoisotopic (exact) mass is 726 g/mol. The van der Waals surface area contributed by atoms with Crippen LogP contribution < -0.4 is 0 Å². The van der Waals surface area contributed by atoms with Crippen LogP contribution in [-0.2, 0) is 5.41 Å². The lowest BCUT2D eigenvalue weighted by Crippen LogP contribution is -2.15. The predicted octanol–water partition coefficient (Wildman–Crippen LogP) is 15.7. The van der Waals surface area contributed by atoms with Crippen molar-refractivity contribution in [2.45, 2.75) is 19.3 Å². The van der Waals surface area contributed by atoms with Crippen LogP contribution in [0.25, 0.3) is 120 Å². The van der Waals surface area contributed by atoms with Crippen molar-refractivity contribution in [3.63, 3.8) is 0 Å². The Balaban J connectivity index is 0.951. The molecular weight excluding hydrogens is 693 g/mol. The Kier molecular flexibility index (Phi) is 6.00. The molecule has 0 saturated heterocycles. The van der Waals surface area contributed by atoms with Crippen LogP contribution in [-0.4, -0.2) is 0 Å². The maximum atomic E-state index is 6.45. The van der Waals surface area contributed by atoms with Crippen LogP contribution in [0.4, 0.5) is 0 Å². The van der Waals surface area contributed by atoms with Gasteiger partial charge < -0.3 is 8.83 Å². The first kappa shape index (κ1) is 31.1. The van der Waals surface area contributed by atoms with E-state index < -0.39 is 0 Å². The second-order valence-corrected chi connectivity index (χ2v) is 16.4. The first-order chi connectivity index (χ1) is 28.0. The molecule has 0 fully saturated rings. The summed E-state index contributed by atoms with van der Waals surface area (Å²) in [5.74, 6) is 0. The van der Waals surface area contributed by atoms with Gasteiger partial charge in [0.25, 0.3) is 0 Å². The summed E-state index contributed by atoms with van der Waals surface area (Å²) in [6, 6.07) is 62.3.